The number of aliphatic hydroxyl groups is 1. The zero-order chi connectivity index (χ0) is 26.8. The SMILES string of the molecule is Cn1c(C(C)(C)O)nc2ccc(-c3nc4ccc(C5CC5)cc4n(-c4ccc(OC(F)F)cc4)c3=O)cc21. The van der Waals surface area contributed by atoms with Crippen molar-refractivity contribution in [2.24, 2.45) is 7.05 Å². The quantitative estimate of drug-likeness (QED) is 0.316. The monoisotopic (exact) mass is 516 g/mol. The number of aromatic nitrogens is 4. The molecule has 1 aliphatic rings. The maximum Gasteiger partial charge on any atom is 0.387 e. The van der Waals surface area contributed by atoms with Crippen molar-refractivity contribution >= 4 is 22.1 Å². The number of imidazole rings is 1. The van der Waals surface area contributed by atoms with Crippen molar-refractivity contribution in [1.29, 1.82) is 0 Å². The van der Waals surface area contributed by atoms with Gasteiger partial charge in [0, 0.05) is 18.3 Å². The summed E-state index contributed by atoms with van der Waals surface area (Å²) in [6.45, 7) is 0.412. The maximum atomic E-state index is 14.0. The van der Waals surface area contributed by atoms with Gasteiger partial charge in [-0.25, -0.2) is 9.97 Å². The zero-order valence-corrected chi connectivity index (χ0v) is 21.2. The van der Waals surface area contributed by atoms with E-state index in [1.165, 1.54) is 12.1 Å². The second-order valence-electron chi connectivity index (χ2n) is 10.3. The van der Waals surface area contributed by atoms with Crippen molar-refractivity contribution < 1.29 is 18.6 Å². The molecule has 0 radical (unpaired) electrons. The van der Waals surface area contributed by atoms with Gasteiger partial charge in [-0.2, -0.15) is 8.78 Å². The van der Waals surface area contributed by atoms with Gasteiger partial charge < -0.3 is 14.4 Å². The molecule has 0 amide bonds. The summed E-state index contributed by atoms with van der Waals surface area (Å²) in [5.74, 6) is 0.993. The van der Waals surface area contributed by atoms with Crippen LogP contribution in [0.4, 0.5) is 8.78 Å². The molecule has 2 aromatic heterocycles. The van der Waals surface area contributed by atoms with E-state index in [9.17, 15) is 18.7 Å². The summed E-state index contributed by atoms with van der Waals surface area (Å²) < 4.78 is 33.2. The van der Waals surface area contributed by atoms with Crippen molar-refractivity contribution in [3.8, 4) is 22.7 Å². The van der Waals surface area contributed by atoms with Gasteiger partial charge in [-0.05, 0) is 86.7 Å². The fraction of sp³-hybridized carbons (Fsp3) is 0.276. The molecule has 7 nitrogen and oxygen atoms in total. The van der Waals surface area contributed by atoms with E-state index in [2.05, 4.69) is 9.72 Å². The van der Waals surface area contributed by atoms with Gasteiger partial charge in [-0.3, -0.25) is 9.36 Å². The van der Waals surface area contributed by atoms with Crippen LogP contribution >= 0.6 is 0 Å². The van der Waals surface area contributed by atoms with Crippen LogP contribution in [0.2, 0.25) is 0 Å². The Hall–Kier alpha value is -4.11. The molecule has 38 heavy (non-hydrogen) atoms. The zero-order valence-electron chi connectivity index (χ0n) is 21.2. The fourth-order valence-corrected chi connectivity index (χ4v) is 4.97. The van der Waals surface area contributed by atoms with E-state index in [1.807, 2.05) is 41.9 Å². The molecule has 6 rings (SSSR count). The Morgan fingerprint density at radius 3 is 2.32 bits per heavy atom. The molecule has 1 N–H and O–H groups in total. The molecule has 0 saturated heterocycles. The molecular formula is C29H26F2N4O3. The highest BCUT2D eigenvalue weighted by atomic mass is 19.3. The summed E-state index contributed by atoms with van der Waals surface area (Å²) >= 11 is 0. The Morgan fingerprint density at radius 2 is 1.66 bits per heavy atom. The predicted molar refractivity (Wildman–Crippen MR) is 141 cm³/mol. The van der Waals surface area contributed by atoms with Gasteiger partial charge >= 0.3 is 6.61 Å². The lowest BCUT2D eigenvalue weighted by molar-refractivity contribution is -0.0498. The molecule has 3 aromatic carbocycles. The Bertz CT molecular complexity index is 1750. The van der Waals surface area contributed by atoms with Gasteiger partial charge in [0.25, 0.3) is 5.56 Å². The third-order valence-corrected chi connectivity index (χ3v) is 6.95. The second kappa shape index (κ2) is 8.73. The lowest BCUT2D eigenvalue weighted by Crippen LogP contribution is -2.22. The van der Waals surface area contributed by atoms with Crippen LogP contribution in [0.5, 0.6) is 5.75 Å². The highest BCUT2D eigenvalue weighted by molar-refractivity contribution is 5.85. The minimum Gasteiger partial charge on any atom is -0.435 e. The van der Waals surface area contributed by atoms with Gasteiger partial charge in [-0.15, -0.1) is 0 Å². The Balaban J connectivity index is 1.56. The van der Waals surface area contributed by atoms with Crippen molar-refractivity contribution in [2.75, 3.05) is 0 Å². The van der Waals surface area contributed by atoms with Crippen molar-refractivity contribution in [1.82, 2.24) is 19.1 Å². The van der Waals surface area contributed by atoms with Crippen LogP contribution < -0.4 is 10.3 Å². The first-order chi connectivity index (χ1) is 18.1. The van der Waals surface area contributed by atoms with Gasteiger partial charge in [0.15, 0.2) is 0 Å². The molecule has 0 atom stereocenters. The van der Waals surface area contributed by atoms with Crippen molar-refractivity contribution in [3.05, 3.63) is 82.4 Å². The minimum absolute atomic E-state index is 0.0123. The van der Waals surface area contributed by atoms with Crippen LogP contribution in [0.15, 0.2) is 65.5 Å². The van der Waals surface area contributed by atoms with Gasteiger partial charge in [0.2, 0.25) is 0 Å². The largest absolute Gasteiger partial charge is 0.435 e. The number of ether oxygens (including phenoxy) is 1. The second-order valence-corrected chi connectivity index (χ2v) is 10.3. The van der Waals surface area contributed by atoms with E-state index in [-0.39, 0.29) is 17.0 Å². The Labute approximate surface area is 217 Å². The third-order valence-electron chi connectivity index (χ3n) is 6.95. The molecule has 1 aliphatic carbocycles. The van der Waals surface area contributed by atoms with E-state index in [0.29, 0.717) is 39.5 Å². The molecule has 2 heterocycles. The molecular weight excluding hydrogens is 490 g/mol. The van der Waals surface area contributed by atoms with E-state index < -0.39 is 12.2 Å². The topological polar surface area (TPSA) is 82.2 Å². The predicted octanol–water partition coefficient (Wildman–Crippen LogP) is 5.65. The van der Waals surface area contributed by atoms with Crippen LogP contribution in [0.25, 0.3) is 39.0 Å². The van der Waals surface area contributed by atoms with E-state index in [4.69, 9.17) is 4.98 Å². The highest BCUT2D eigenvalue weighted by Crippen LogP contribution is 2.41. The number of hydrogen-bond acceptors (Lipinski definition) is 5. The van der Waals surface area contributed by atoms with Gasteiger partial charge in [0.1, 0.15) is 22.9 Å². The first-order valence-corrected chi connectivity index (χ1v) is 12.4. The number of rotatable bonds is 6. The standard InChI is InChI=1S/C29H26F2N4O3/c1-29(2,37)27-33-21-13-7-18(15-23(21)34(27)3)25-26(36)35(19-8-10-20(11-9-19)38-28(30)31)24-14-17(16-4-5-16)6-12-22(24)32-25/h6-16,28,37H,4-5H2,1-3H3. The highest BCUT2D eigenvalue weighted by Gasteiger charge is 2.26. The smallest absolute Gasteiger partial charge is 0.387 e. The molecule has 0 unspecified atom stereocenters. The summed E-state index contributed by atoms with van der Waals surface area (Å²) in [5, 5.41) is 10.5. The number of aryl methyl sites for hydroxylation is 1. The molecule has 5 aromatic rings. The lowest BCUT2D eigenvalue weighted by atomic mass is 10.1. The van der Waals surface area contributed by atoms with Crippen LogP contribution in [0.3, 0.4) is 0 Å². The van der Waals surface area contributed by atoms with E-state index in [0.717, 1.165) is 23.9 Å². The molecule has 0 bridgehead atoms. The number of alkyl halides is 2. The maximum absolute atomic E-state index is 14.0. The molecule has 0 spiro atoms. The number of fused-ring (bicyclic) bond motifs is 2. The van der Waals surface area contributed by atoms with Gasteiger partial charge in [-0.1, -0.05) is 12.1 Å². The number of hydrogen-bond donors (Lipinski definition) is 1. The van der Waals surface area contributed by atoms with Crippen LogP contribution in [-0.2, 0) is 12.6 Å². The van der Waals surface area contributed by atoms with E-state index in [1.54, 1.807) is 36.6 Å². The van der Waals surface area contributed by atoms with Crippen LogP contribution in [-0.4, -0.2) is 30.8 Å². The van der Waals surface area contributed by atoms with Crippen LogP contribution in [0.1, 0.15) is 44.0 Å². The van der Waals surface area contributed by atoms with E-state index >= 15 is 0 Å². The van der Waals surface area contributed by atoms with Crippen molar-refractivity contribution in [3.63, 3.8) is 0 Å². The summed E-state index contributed by atoms with van der Waals surface area (Å²) in [6, 6.07) is 17.4. The lowest BCUT2D eigenvalue weighted by Gasteiger charge is -2.16. The number of nitrogens with zero attached hydrogens (tertiary/aromatic N) is 4. The summed E-state index contributed by atoms with van der Waals surface area (Å²) in [5.41, 5.74) is 3.78. The molecule has 9 heteroatoms. The fourth-order valence-electron chi connectivity index (χ4n) is 4.97. The average Bonchev–Trinajstić information content (AvgIpc) is 3.66. The Morgan fingerprint density at radius 1 is 0.974 bits per heavy atom. The minimum atomic E-state index is -2.93. The average molecular weight is 517 g/mol. The molecule has 0 aliphatic heterocycles. The van der Waals surface area contributed by atoms with Gasteiger partial charge in [0.05, 0.1) is 22.1 Å². The summed E-state index contributed by atoms with van der Waals surface area (Å²) in [7, 11) is 1.82. The summed E-state index contributed by atoms with van der Waals surface area (Å²) in [4.78, 5) is 23.3. The molecule has 1 saturated carbocycles. The third kappa shape index (κ3) is 4.22. The first kappa shape index (κ1) is 24.2. The number of benzene rings is 3. The molecule has 194 valence electrons. The summed E-state index contributed by atoms with van der Waals surface area (Å²) in [6.07, 6.45) is 2.22. The first-order valence-electron chi connectivity index (χ1n) is 12.4. The number of halogens is 2. The van der Waals surface area contributed by atoms with Crippen molar-refractivity contribution in [2.45, 2.75) is 44.8 Å². The van der Waals surface area contributed by atoms with Crippen LogP contribution in [0, 0.1) is 0 Å². The normalized spacial score (nSPS) is 14.1. The Kier molecular flexibility index (Phi) is 5.57. The molecule has 1 fully saturated rings.